The van der Waals surface area contributed by atoms with Gasteiger partial charge in [-0.3, -0.25) is 0 Å². The van der Waals surface area contributed by atoms with Crippen LogP contribution in [0.4, 0.5) is 0 Å². The van der Waals surface area contributed by atoms with Crippen molar-refractivity contribution >= 4 is 49.2 Å². The van der Waals surface area contributed by atoms with Gasteiger partial charge in [-0.05, 0) is 48.4 Å². The largest absolute Gasteiger partial charge is 0.340 e. The van der Waals surface area contributed by atoms with Crippen molar-refractivity contribution in [2.24, 2.45) is 0 Å². The van der Waals surface area contributed by atoms with Crippen molar-refractivity contribution in [2.75, 3.05) is 24.6 Å². The number of thiocarbonyl (C=S) groups is 2. The first-order valence-electron chi connectivity index (χ1n) is 14.6. The fraction of sp³-hybridized carbons (Fsp3) is 0.533. The molecule has 2 N–H and O–H groups in total. The van der Waals surface area contributed by atoms with Crippen molar-refractivity contribution in [1.82, 2.24) is 20.0 Å². The van der Waals surface area contributed by atoms with Gasteiger partial charge in [-0.2, -0.15) is 0 Å². The Morgan fingerprint density at radius 3 is 1.30 bits per heavy atom. The van der Waals surface area contributed by atoms with Gasteiger partial charge in [-0.15, -0.1) is 0 Å². The Labute approximate surface area is 252 Å². The van der Waals surface area contributed by atoms with E-state index in [4.69, 9.17) is 24.4 Å². The number of rotatable bonds is 12. The molecule has 2 aromatic rings. The van der Waals surface area contributed by atoms with Crippen molar-refractivity contribution in [2.45, 2.75) is 78.6 Å². The summed E-state index contributed by atoms with van der Waals surface area (Å²) in [6.45, 7) is 9.05. The second-order valence-electron chi connectivity index (χ2n) is 10.5. The number of hydrogen-bond acceptors (Lipinski definition) is 4. The van der Waals surface area contributed by atoms with Crippen LogP contribution in [-0.2, 0) is 22.2 Å². The Bertz CT molecular complexity index is 1090. The van der Waals surface area contributed by atoms with E-state index in [2.05, 4.69) is 44.2 Å². The van der Waals surface area contributed by atoms with Crippen LogP contribution in [0.1, 0.15) is 64.5 Å². The van der Waals surface area contributed by atoms with Gasteiger partial charge in [0.05, 0.1) is 12.1 Å². The third kappa shape index (κ3) is 8.89. The van der Waals surface area contributed by atoms with Crippen LogP contribution in [0.3, 0.4) is 0 Å². The molecule has 1 fully saturated rings. The van der Waals surface area contributed by atoms with E-state index in [0.717, 1.165) is 36.8 Å². The molecule has 1 saturated carbocycles. The zero-order valence-corrected chi connectivity index (χ0v) is 27.8. The van der Waals surface area contributed by atoms with Crippen LogP contribution in [0, 0.1) is 0 Å². The van der Waals surface area contributed by atoms with Crippen molar-refractivity contribution in [3.8, 4) is 0 Å². The SMILES string of the molecule is CCP(=O)(CC)NC(=S)N(Cc1ccccc1)C1CCCCC1N(Cc1ccccc1)C(=S)NP(=O)(CC)CC. The lowest BCUT2D eigenvalue weighted by molar-refractivity contribution is 0.122. The molecule has 0 heterocycles. The summed E-state index contributed by atoms with van der Waals surface area (Å²) in [6.07, 6.45) is 6.24. The van der Waals surface area contributed by atoms with Crippen LogP contribution in [-0.4, -0.2) is 56.8 Å². The van der Waals surface area contributed by atoms with Crippen molar-refractivity contribution in [3.05, 3.63) is 71.8 Å². The lowest BCUT2D eigenvalue weighted by Gasteiger charge is -2.47. The van der Waals surface area contributed by atoms with Gasteiger partial charge >= 0.3 is 0 Å². The Kier molecular flexibility index (Phi) is 12.7. The molecule has 0 radical (unpaired) electrons. The maximum Gasteiger partial charge on any atom is 0.175 e. The molecule has 10 heteroatoms. The lowest BCUT2D eigenvalue weighted by atomic mass is 9.87. The molecule has 0 bridgehead atoms. The predicted molar refractivity (Wildman–Crippen MR) is 179 cm³/mol. The summed E-state index contributed by atoms with van der Waals surface area (Å²) in [7, 11) is -5.24. The van der Waals surface area contributed by atoms with E-state index in [9.17, 15) is 9.13 Å². The molecule has 0 aliphatic heterocycles. The van der Waals surface area contributed by atoms with E-state index in [0.29, 0.717) is 48.0 Å². The molecule has 40 heavy (non-hydrogen) atoms. The smallest absolute Gasteiger partial charge is 0.175 e. The molecule has 0 spiro atoms. The topological polar surface area (TPSA) is 64.7 Å². The second-order valence-corrected chi connectivity index (χ2v) is 17.8. The zero-order valence-electron chi connectivity index (χ0n) is 24.4. The first-order valence-corrected chi connectivity index (χ1v) is 19.6. The Morgan fingerprint density at radius 1 is 0.675 bits per heavy atom. The molecule has 6 nitrogen and oxygen atoms in total. The van der Waals surface area contributed by atoms with Crippen LogP contribution in [0.2, 0.25) is 0 Å². The van der Waals surface area contributed by atoms with Crippen LogP contribution < -0.4 is 10.2 Å². The van der Waals surface area contributed by atoms with Crippen LogP contribution >= 0.6 is 39.0 Å². The van der Waals surface area contributed by atoms with Gasteiger partial charge in [-0.25, -0.2) is 0 Å². The van der Waals surface area contributed by atoms with Crippen LogP contribution in [0.25, 0.3) is 0 Å². The fourth-order valence-corrected chi connectivity index (χ4v) is 9.18. The average molecular weight is 621 g/mol. The Hall–Kier alpha value is -1.72. The standard InChI is InChI=1S/C30H46N4O2P2S2/c1-5-37(35,6-2)31-29(39)33(23-25-17-11-9-12-18-25)27-21-15-16-22-28(27)34(24-26-19-13-10-14-20-26)30(40)32-38(36,7-3)8-4/h9-14,17-20,27-28H,5-8,15-16,21-24H2,1-4H3,(H,31,35,39)(H,32,36,40). The highest BCUT2D eigenvalue weighted by atomic mass is 32.1. The summed E-state index contributed by atoms with van der Waals surface area (Å²) in [5.41, 5.74) is 2.30. The maximum absolute atomic E-state index is 13.5. The second kappa shape index (κ2) is 15.5. The highest BCUT2D eigenvalue weighted by Crippen LogP contribution is 2.42. The monoisotopic (exact) mass is 620 g/mol. The van der Waals surface area contributed by atoms with E-state index in [1.807, 2.05) is 64.1 Å². The van der Waals surface area contributed by atoms with Gasteiger partial charge in [0.1, 0.15) is 0 Å². The highest BCUT2D eigenvalue weighted by Gasteiger charge is 2.38. The third-order valence-electron chi connectivity index (χ3n) is 8.05. The molecule has 0 aromatic heterocycles. The first-order chi connectivity index (χ1) is 19.2. The highest BCUT2D eigenvalue weighted by molar-refractivity contribution is 7.81. The molecule has 220 valence electrons. The summed E-state index contributed by atoms with van der Waals surface area (Å²) in [5.74, 6) is 0. The number of hydrogen-bond donors (Lipinski definition) is 2. The molecule has 1 aliphatic carbocycles. The van der Waals surface area contributed by atoms with Gasteiger partial charge in [-0.1, -0.05) is 101 Å². The number of nitrogens with one attached hydrogen (secondary N) is 2. The minimum atomic E-state index is -2.62. The van der Waals surface area contributed by atoms with Crippen molar-refractivity contribution in [3.63, 3.8) is 0 Å². The lowest BCUT2D eigenvalue weighted by Crippen LogP contribution is -2.58. The van der Waals surface area contributed by atoms with E-state index >= 15 is 0 Å². The van der Waals surface area contributed by atoms with Crippen molar-refractivity contribution in [1.29, 1.82) is 0 Å². The Morgan fingerprint density at radius 2 is 1.00 bits per heavy atom. The van der Waals surface area contributed by atoms with E-state index in [1.165, 1.54) is 0 Å². The molecule has 0 amide bonds. The van der Waals surface area contributed by atoms with Gasteiger partial charge in [0, 0.05) is 37.7 Å². The van der Waals surface area contributed by atoms with E-state index in [-0.39, 0.29) is 12.1 Å². The van der Waals surface area contributed by atoms with Crippen LogP contribution in [0.15, 0.2) is 60.7 Å². The first kappa shape index (κ1) is 32.8. The van der Waals surface area contributed by atoms with Crippen molar-refractivity contribution < 1.29 is 9.13 Å². The van der Waals surface area contributed by atoms with Crippen LogP contribution in [0.5, 0.6) is 0 Å². The van der Waals surface area contributed by atoms with Gasteiger partial charge in [0.15, 0.2) is 24.8 Å². The Balaban J connectivity index is 2.03. The molecule has 2 aromatic carbocycles. The molecule has 3 rings (SSSR count). The minimum absolute atomic E-state index is 0.0437. The number of benzene rings is 2. The normalized spacial score (nSPS) is 17.6. The summed E-state index contributed by atoms with van der Waals surface area (Å²) in [4.78, 5) is 4.48. The van der Waals surface area contributed by atoms with E-state index < -0.39 is 14.6 Å². The zero-order chi connectivity index (χ0) is 29.2. The molecule has 0 saturated heterocycles. The summed E-state index contributed by atoms with van der Waals surface area (Å²) < 4.78 is 27.0. The predicted octanol–water partition coefficient (Wildman–Crippen LogP) is 7.69. The fourth-order valence-electron chi connectivity index (χ4n) is 5.30. The quantitative estimate of drug-likeness (QED) is 0.185. The van der Waals surface area contributed by atoms with E-state index in [1.54, 1.807) is 0 Å². The summed E-state index contributed by atoms with van der Waals surface area (Å²) in [6, 6.07) is 20.7. The molecular formula is C30H46N4O2P2S2. The van der Waals surface area contributed by atoms with Gasteiger partial charge in [0.25, 0.3) is 0 Å². The van der Waals surface area contributed by atoms with Gasteiger partial charge < -0.3 is 29.1 Å². The molecule has 2 unspecified atom stereocenters. The number of nitrogens with zero attached hydrogens (tertiary/aromatic N) is 2. The summed E-state index contributed by atoms with van der Waals surface area (Å²) in [5, 5.41) is 7.70. The molecule has 2 atom stereocenters. The van der Waals surface area contributed by atoms with Gasteiger partial charge in [0.2, 0.25) is 0 Å². The third-order valence-corrected chi connectivity index (χ3v) is 14.4. The molecule has 1 aliphatic rings. The maximum atomic E-state index is 13.5. The molecular weight excluding hydrogens is 574 g/mol. The average Bonchev–Trinajstić information content (AvgIpc) is 2.99. The minimum Gasteiger partial charge on any atom is -0.340 e. The summed E-state index contributed by atoms with van der Waals surface area (Å²) >= 11 is 12.1.